The second-order valence-electron chi connectivity index (χ2n) is 4.07. The molecule has 4 nitrogen and oxygen atoms in total. The molecule has 3 rings (SSSR count). The fourth-order valence-electron chi connectivity index (χ4n) is 2.26. The van der Waals surface area contributed by atoms with Crippen LogP contribution in [0, 0.1) is 0 Å². The summed E-state index contributed by atoms with van der Waals surface area (Å²) < 4.78 is 2.04. The van der Waals surface area contributed by atoms with Crippen LogP contribution in [0.3, 0.4) is 0 Å². The molecule has 1 aromatic carbocycles. The number of phenols is 1. The van der Waals surface area contributed by atoms with Gasteiger partial charge in [0, 0.05) is 12.6 Å². The first kappa shape index (κ1) is 9.93. The van der Waals surface area contributed by atoms with E-state index in [1.807, 2.05) is 10.6 Å². The minimum atomic E-state index is 0.221. The quantitative estimate of drug-likeness (QED) is 0.797. The third-order valence-corrected chi connectivity index (χ3v) is 3.30. The first-order valence-electron chi connectivity index (χ1n) is 5.33. The Morgan fingerprint density at radius 2 is 2.38 bits per heavy atom. The lowest BCUT2D eigenvalue weighted by Crippen LogP contribution is -2.13. The Hall–Kier alpha value is -1.26. The Kier molecular flexibility index (Phi) is 2.26. The van der Waals surface area contributed by atoms with Gasteiger partial charge in [-0.3, -0.25) is 0 Å². The van der Waals surface area contributed by atoms with E-state index in [9.17, 15) is 5.11 Å². The molecule has 2 heterocycles. The van der Waals surface area contributed by atoms with Gasteiger partial charge in [-0.15, -0.1) is 0 Å². The monoisotopic (exact) mass is 237 g/mol. The SMILES string of the molecule is Oc1ccc2c(c1)nc(Cl)n2C1CCNC1. The summed E-state index contributed by atoms with van der Waals surface area (Å²) in [7, 11) is 0. The molecule has 1 saturated heterocycles. The van der Waals surface area contributed by atoms with Gasteiger partial charge >= 0.3 is 0 Å². The number of imidazole rings is 1. The van der Waals surface area contributed by atoms with E-state index in [-0.39, 0.29) is 5.75 Å². The molecular formula is C11H12ClN3O. The standard InChI is InChI=1S/C11H12ClN3O/c12-11-14-9-5-8(16)1-2-10(9)15(11)7-3-4-13-6-7/h1-2,5,7,13,16H,3-4,6H2. The number of fused-ring (bicyclic) bond motifs is 1. The van der Waals surface area contributed by atoms with Gasteiger partial charge in [-0.25, -0.2) is 4.98 Å². The van der Waals surface area contributed by atoms with Gasteiger partial charge in [-0.05, 0) is 36.7 Å². The maximum absolute atomic E-state index is 9.39. The smallest absolute Gasteiger partial charge is 0.204 e. The zero-order chi connectivity index (χ0) is 11.1. The maximum atomic E-state index is 9.39. The van der Waals surface area contributed by atoms with Crippen molar-refractivity contribution in [2.24, 2.45) is 0 Å². The van der Waals surface area contributed by atoms with Crippen LogP contribution in [0.2, 0.25) is 5.28 Å². The number of halogens is 1. The van der Waals surface area contributed by atoms with Crippen LogP contribution in [0.15, 0.2) is 18.2 Å². The largest absolute Gasteiger partial charge is 0.508 e. The third-order valence-electron chi connectivity index (χ3n) is 3.03. The Balaban J connectivity index is 2.18. The number of nitrogens with zero attached hydrogens (tertiary/aromatic N) is 2. The Morgan fingerprint density at radius 3 is 3.12 bits per heavy atom. The number of hydrogen-bond acceptors (Lipinski definition) is 3. The van der Waals surface area contributed by atoms with Crippen LogP contribution in [-0.2, 0) is 0 Å². The van der Waals surface area contributed by atoms with Gasteiger partial charge in [0.05, 0.1) is 17.1 Å². The first-order valence-corrected chi connectivity index (χ1v) is 5.70. The van der Waals surface area contributed by atoms with E-state index in [4.69, 9.17) is 11.6 Å². The van der Waals surface area contributed by atoms with E-state index in [0.29, 0.717) is 11.3 Å². The minimum absolute atomic E-state index is 0.221. The molecule has 1 atom stereocenters. The predicted octanol–water partition coefficient (Wildman–Crippen LogP) is 1.93. The molecule has 1 aliphatic rings. The zero-order valence-electron chi connectivity index (χ0n) is 8.65. The summed E-state index contributed by atoms with van der Waals surface area (Å²) in [5, 5.41) is 13.2. The van der Waals surface area contributed by atoms with E-state index in [2.05, 4.69) is 10.3 Å². The van der Waals surface area contributed by atoms with Gasteiger partial charge in [-0.1, -0.05) is 0 Å². The van der Waals surface area contributed by atoms with Crippen LogP contribution in [0.1, 0.15) is 12.5 Å². The fourth-order valence-corrected chi connectivity index (χ4v) is 2.59. The highest BCUT2D eigenvalue weighted by Crippen LogP contribution is 2.29. The van der Waals surface area contributed by atoms with Gasteiger partial charge < -0.3 is 15.0 Å². The molecule has 0 bridgehead atoms. The maximum Gasteiger partial charge on any atom is 0.204 e. The van der Waals surface area contributed by atoms with E-state index < -0.39 is 0 Å². The lowest BCUT2D eigenvalue weighted by atomic mass is 10.2. The normalized spacial score (nSPS) is 20.7. The van der Waals surface area contributed by atoms with Crippen molar-refractivity contribution < 1.29 is 5.11 Å². The van der Waals surface area contributed by atoms with E-state index in [1.165, 1.54) is 0 Å². The number of hydrogen-bond donors (Lipinski definition) is 2. The lowest BCUT2D eigenvalue weighted by Gasteiger charge is -2.12. The van der Waals surface area contributed by atoms with Gasteiger partial charge in [0.1, 0.15) is 5.75 Å². The van der Waals surface area contributed by atoms with Gasteiger partial charge in [0.25, 0.3) is 0 Å². The van der Waals surface area contributed by atoms with E-state index >= 15 is 0 Å². The highest BCUT2D eigenvalue weighted by atomic mass is 35.5. The Bertz CT molecular complexity index is 531. The highest BCUT2D eigenvalue weighted by molar-refractivity contribution is 6.29. The molecule has 1 unspecified atom stereocenters. The van der Waals surface area contributed by atoms with Crippen LogP contribution in [0.4, 0.5) is 0 Å². The molecular weight excluding hydrogens is 226 g/mol. The van der Waals surface area contributed by atoms with Crippen LogP contribution < -0.4 is 5.32 Å². The van der Waals surface area contributed by atoms with Crippen LogP contribution in [0.25, 0.3) is 11.0 Å². The molecule has 2 aromatic rings. The number of aromatic hydroxyl groups is 1. The molecule has 84 valence electrons. The van der Waals surface area contributed by atoms with E-state index in [0.717, 1.165) is 30.5 Å². The minimum Gasteiger partial charge on any atom is -0.508 e. The van der Waals surface area contributed by atoms with Crippen molar-refractivity contribution in [3.05, 3.63) is 23.5 Å². The summed E-state index contributed by atoms with van der Waals surface area (Å²) in [6, 6.07) is 5.53. The average molecular weight is 238 g/mol. The Labute approximate surface area is 97.9 Å². The lowest BCUT2D eigenvalue weighted by molar-refractivity contribution is 0.476. The topological polar surface area (TPSA) is 50.1 Å². The van der Waals surface area contributed by atoms with E-state index in [1.54, 1.807) is 12.1 Å². The number of nitrogens with one attached hydrogen (secondary N) is 1. The van der Waals surface area contributed by atoms with Gasteiger partial charge in [0.15, 0.2) is 0 Å². The number of benzene rings is 1. The molecule has 1 aromatic heterocycles. The molecule has 0 aliphatic carbocycles. The van der Waals surface area contributed by atoms with Crippen molar-refractivity contribution in [3.8, 4) is 5.75 Å². The van der Waals surface area contributed by atoms with Crippen molar-refractivity contribution in [3.63, 3.8) is 0 Å². The summed E-state index contributed by atoms with van der Waals surface area (Å²) in [6.07, 6.45) is 1.06. The molecule has 0 saturated carbocycles. The zero-order valence-corrected chi connectivity index (χ0v) is 9.41. The van der Waals surface area contributed by atoms with Crippen molar-refractivity contribution in [2.45, 2.75) is 12.5 Å². The van der Waals surface area contributed by atoms with Crippen molar-refractivity contribution >= 4 is 22.6 Å². The summed E-state index contributed by atoms with van der Waals surface area (Å²) in [5.74, 6) is 0.221. The average Bonchev–Trinajstić information content (AvgIpc) is 2.83. The van der Waals surface area contributed by atoms with Crippen LogP contribution in [-0.4, -0.2) is 27.7 Å². The van der Waals surface area contributed by atoms with Crippen molar-refractivity contribution in [1.82, 2.24) is 14.9 Å². The molecule has 0 amide bonds. The first-order chi connectivity index (χ1) is 7.75. The van der Waals surface area contributed by atoms with Gasteiger partial charge in [-0.2, -0.15) is 0 Å². The second-order valence-corrected chi connectivity index (χ2v) is 4.41. The highest BCUT2D eigenvalue weighted by Gasteiger charge is 2.21. The second kappa shape index (κ2) is 3.64. The molecule has 16 heavy (non-hydrogen) atoms. The van der Waals surface area contributed by atoms with Crippen LogP contribution in [0.5, 0.6) is 5.75 Å². The molecule has 0 spiro atoms. The van der Waals surface area contributed by atoms with Gasteiger partial charge in [0.2, 0.25) is 5.28 Å². The van der Waals surface area contributed by atoms with Crippen LogP contribution >= 0.6 is 11.6 Å². The molecule has 2 N–H and O–H groups in total. The number of rotatable bonds is 1. The van der Waals surface area contributed by atoms with Crippen molar-refractivity contribution in [2.75, 3.05) is 13.1 Å². The fraction of sp³-hybridized carbons (Fsp3) is 0.364. The molecule has 5 heteroatoms. The summed E-state index contributed by atoms with van der Waals surface area (Å²) in [6.45, 7) is 1.94. The third kappa shape index (κ3) is 1.45. The van der Waals surface area contributed by atoms with Crippen molar-refractivity contribution in [1.29, 1.82) is 0 Å². The predicted molar refractivity (Wildman–Crippen MR) is 62.9 cm³/mol. The molecule has 1 fully saturated rings. The molecule has 0 radical (unpaired) electrons. The Morgan fingerprint density at radius 1 is 1.50 bits per heavy atom. The number of aromatic nitrogens is 2. The number of phenolic OH excluding ortho intramolecular Hbond substituents is 1. The molecule has 1 aliphatic heterocycles. The summed E-state index contributed by atoms with van der Waals surface area (Å²) in [5.41, 5.74) is 1.73. The summed E-state index contributed by atoms with van der Waals surface area (Å²) in [4.78, 5) is 4.26. The summed E-state index contributed by atoms with van der Waals surface area (Å²) >= 11 is 6.14.